The van der Waals surface area contributed by atoms with Gasteiger partial charge in [-0.2, -0.15) is 4.39 Å². The van der Waals surface area contributed by atoms with Crippen molar-refractivity contribution in [2.45, 2.75) is 45.6 Å². The summed E-state index contributed by atoms with van der Waals surface area (Å²) in [6, 6.07) is 3.27. The fourth-order valence-corrected chi connectivity index (χ4v) is 3.41. The van der Waals surface area contributed by atoms with Crippen LogP contribution in [0.1, 0.15) is 40.0 Å². The van der Waals surface area contributed by atoms with Crippen LogP contribution in [0.5, 0.6) is 5.75 Å². The van der Waals surface area contributed by atoms with E-state index in [1.165, 1.54) is 6.20 Å². The topological polar surface area (TPSA) is 51.7 Å². The number of carbonyl (C=O) groups is 1. The number of hydrogen-bond acceptors (Lipinski definition) is 4. The van der Waals surface area contributed by atoms with E-state index in [1.807, 2.05) is 20.8 Å². The van der Waals surface area contributed by atoms with Crippen LogP contribution in [-0.4, -0.2) is 41.3 Å². The van der Waals surface area contributed by atoms with Gasteiger partial charge in [0.05, 0.1) is 6.61 Å². The lowest BCUT2D eigenvalue weighted by Gasteiger charge is -2.34. The third-order valence-corrected chi connectivity index (χ3v) is 4.93. The van der Waals surface area contributed by atoms with E-state index in [0.29, 0.717) is 25.6 Å². The summed E-state index contributed by atoms with van der Waals surface area (Å²) >= 11 is 0. The Balaban J connectivity index is 1.46. The largest absolute Gasteiger partial charge is 0.488 e. The molecule has 6 heteroatoms. The smallest absolute Gasteiger partial charge is 0.410 e. The molecule has 2 heterocycles. The summed E-state index contributed by atoms with van der Waals surface area (Å²) in [5, 5.41) is 0. The summed E-state index contributed by atoms with van der Waals surface area (Å²) in [4.78, 5) is 17.5. The molecule has 1 saturated carbocycles. The number of piperidine rings is 1. The normalized spacial score (nSPS) is 22.3. The van der Waals surface area contributed by atoms with Gasteiger partial charge in [0.25, 0.3) is 5.95 Å². The van der Waals surface area contributed by atoms with Crippen molar-refractivity contribution in [1.82, 2.24) is 9.88 Å². The highest BCUT2D eigenvalue weighted by Crippen LogP contribution is 2.59. The molecule has 1 aromatic rings. The molecule has 1 aliphatic heterocycles. The Morgan fingerprint density at radius 1 is 1.42 bits per heavy atom. The predicted molar refractivity (Wildman–Crippen MR) is 87.3 cm³/mol. The van der Waals surface area contributed by atoms with Crippen molar-refractivity contribution >= 4 is 6.09 Å². The van der Waals surface area contributed by atoms with Crippen LogP contribution in [0.3, 0.4) is 0 Å². The zero-order valence-corrected chi connectivity index (χ0v) is 14.5. The van der Waals surface area contributed by atoms with Gasteiger partial charge < -0.3 is 14.4 Å². The summed E-state index contributed by atoms with van der Waals surface area (Å²) in [5.41, 5.74) is -0.215. The maximum atomic E-state index is 13.5. The minimum absolute atomic E-state index is 0.214. The second-order valence-corrected chi connectivity index (χ2v) is 7.83. The molecule has 24 heavy (non-hydrogen) atoms. The van der Waals surface area contributed by atoms with Crippen LogP contribution in [0, 0.1) is 17.3 Å². The molecule has 0 aromatic carbocycles. The average molecular weight is 336 g/mol. The SMILES string of the molecule is CC(C)(C)OC(=O)N1CCC2(CC1)C[C@H]2COc1cccnc1F. The van der Waals surface area contributed by atoms with Crippen molar-refractivity contribution in [3.63, 3.8) is 0 Å². The number of hydrogen-bond donors (Lipinski definition) is 0. The fraction of sp³-hybridized carbons (Fsp3) is 0.667. The molecule has 132 valence electrons. The van der Waals surface area contributed by atoms with Gasteiger partial charge in [0.2, 0.25) is 0 Å². The van der Waals surface area contributed by atoms with Crippen molar-refractivity contribution in [2.75, 3.05) is 19.7 Å². The molecule has 1 spiro atoms. The minimum atomic E-state index is -0.563. The Labute approximate surface area is 142 Å². The predicted octanol–water partition coefficient (Wildman–Crippen LogP) is 3.64. The van der Waals surface area contributed by atoms with Gasteiger partial charge >= 0.3 is 6.09 Å². The van der Waals surface area contributed by atoms with Gasteiger partial charge in [-0.05, 0) is 63.5 Å². The Kier molecular flexibility index (Phi) is 4.40. The summed E-state index contributed by atoms with van der Waals surface area (Å²) in [6.07, 6.45) is 4.17. The molecule has 2 fully saturated rings. The lowest BCUT2D eigenvalue weighted by Crippen LogP contribution is -2.42. The van der Waals surface area contributed by atoms with Gasteiger partial charge in [0.15, 0.2) is 5.75 Å². The first-order valence-corrected chi connectivity index (χ1v) is 8.50. The number of amides is 1. The van der Waals surface area contributed by atoms with E-state index in [1.54, 1.807) is 17.0 Å². The van der Waals surface area contributed by atoms with Crippen LogP contribution in [0.15, 0.2) is 18.3 Å². The number of likely N-dealkylation sites (tertiary alicyclic amines) is 1. The number of carbonyl (C=O) groups excluding carboxylic acids is 1. The van der Waals surface area contributed by atoms with Crippen molar-refractivity contribution in [1.29, 1.82) is 0 Å². The van der Waals surface area contributed by atoms with E-state index in [-0.39, 0.29) is 17.3 Å². The Bertz CT molecular complexity index is 607. The van der Waals surface area contributed by atoms with Gasteiger partial charge in [0.1, 0.15) is 5.60 Å². The molecule has 1 aromatic heterocycles. The van der Waals surface area contributed by atoms with E-state index in [4.69, 9.17) is 9.47 Å². The average Bonchev–Trinajstić information content (AvgIpc) is 3.17. The van der Waals surface area contributed by atoms with Gasteiger partial charge in [-0.3, -0.25) is 0 Å². The quantitative estimate of drug-likeness (QED) is 0.791. The first-order chi connectivity index (χ1) is 11.3. The van der Waals surface area contributed by atoms with Crippen molar-refractivity contribution in [3.05, 3.63) is 24.3 Å². The molecule has 0 unspecified atom stereocenters. The second kappa shape index (κ2) is 6.22. The molecule has 2 aliphatic rings. The Morgan fingerprint density at radius 2 is 2.12 bits per heavy atom. The summed E-state index contributed by atoms with van der Waals surface area (Å²) in [7, 11) is 0. The Morgan fingerprint density at radius 3 is 2.75 bits per heavy atom. The van der Waals surface area contributed by atoms with Crippen LogP contribution in [0.25, 0.3) is 0 Å². The number of rotatable bonds is 3. The third kappa shape index (κ3) is 3.79. The van der Waals surface area contributed by atoms with Gasteiger partial charge in [0, 0.05) is 19.3 Å². The highest BCUT2D eigenvalue weighted by Gasteiger charge is 2.55. The van der Waals surface area contributed by atoms with Gasteiger partial charge in [-0.1, -0.05) is 0 Å². The van der Waals surface area contributed by atoms with Crippen molar-refractivity contribution < 1.29 is 18.7 Å². The molecule has 1 aliphatic carbocycles. The summed E-state index contributed by atoms with van der Waals surface area (Å²) in [6.45, 7) is 7.57. The van der Waals surface area contributed by atoms with Crippen LogP contribution in [-0.2, 0) is 4.74 Å². The lowest BCUT2D eigenvalue weighted by molar-refractivity contribution is 0.0161. The van der Waals surface area contributed by atoms with Crippen LogP contribution in [0.4, 0.5) is 9.18 Å². The first-order valence-electron chi connectivity index (χ1n) is 8.50. The molecule has 0 radical (unpaired) electrons. The summed E-state index contributed by atoms with van der Waals surface area (Å²) < 4.78 is 24.5. The maximum Gasteiger partial charge on any atom is 0.410 e. The summed E-state index contributed by atoms with van der Waals surface area (Å²) in [5.74, 6) is 0.0792. The molecule has 0 N–H and O–H groups in total. The fourth-order valence-electron chi connectivity index (χ4n) is 3.41. The first kappa shape index (κ1) is 17.0. The number of nitrogens with zero attached hydrogens (tertiary/aromatic N) is 2. The zero-order valence-electron chi connectivity index (χ0n) is 14.5. The second-order valence-electron chi connectivity index (χ2n) is 7.83. The number of ether oxygens (including phenoxy) is 2. The maximum absolute atomic E-state index is 13.5. The highest BCUT2D eigenvalue weighted by molar-refractivity contribution is 5.68. The van der Waals surface area contributed by atoms with Gasteiger partial charge in [-0.25, -0.2) is 9.78 Å². The van der Waals surface area contributed by atoms with Crippen molar-refractivity contribution in [3.8, 4) is 5.75 Å². The minimum Gasteiger partial charge on any atom is -0.488 e. The molecule has 1 saturated heterocycles. The number of halogens is 1. The number of aromatic nitrogens is 1. The van der Waals surface area contributed by atoms with E-state index >= 15 is 0 Å². The zero-order chi connectivity index (χ0) is 17.4. The molecular formula is C18H25FN2O3. The monoisotopic (exact) mass is 336 g/mol. The molecule has 3 rings (SSSR count). The molecule has 1 amide bonds. The standard InChI is InChI=1S/C18H25FN2O3/c1-17(2,3)24-16(22)21-9-6-18(7-10-21)11-13(18)12-23-14-5-4-8-20-15(14)19/h4-5,8,13H,6-7,9-12H2,1-3H3/t13-/m0/s1. The molecule has 0 bridgehead atoms. The van der Waals surface area contributed by atoms with Crippen LogP contribution >= 0.6 is 0 Å². The molecule has 5 nitrogen and oxygen atoms in total. The molecule has 1 atom stereocenters. The van der Waals surface area contributed by atoms with Crippen LogP contribution < -0.4 is 4.74 Å². The third-order valence-electron chi connectivity index (χ3n) is 4.93. The van der Waals surface area contributed by atoms with Gasteiger partial charge in [-0.15, -0.1) is 0 Å². The van der Waals surface area contributed by atoms with E-state index in [0.717, 1.165) is 19.3 Å². The Hall–Kier alpha value is -1.85. The van der Waals surface area contributed by atoms with E-state index in [9.17, 15) is 9.18 Å². The molecular weight excluding hydrogens is 311 g/mol. The van der Waals surface area contributed by atoms with E-state index < -0.39 is 11.5 Å². The van der Waals surface area contributed by atoms with Crippen molar-refractivity contribution in [2.24, 2.45) is 11.3 Å². The van der Waals surface area contributed by atoms with Crippen LogP contribution in [0.2, 0.25) is 0 Å². The lowest BCUT2D eigenvalue weighted by atomic mass is 9.91. The van der Waals surface area contributed by atoms with E-state index in [2.05, 4.69) is 4.98 Å². The number of pyridine rings is 1. The highest BCUT2D eigenvalue weighted by atomic mass is 19.1.